The lowest BCUT2D eigenvalue weighted by Crippen LogP contribution is -2.52. The van der Waals surface area contributed by atoms with Crippen LogP contribution in [-0.2, 0) is 27.3 Å². The summed E-state index contributed by atoms with van der Waals surface area (Å²) in [7, 11) is 1.65. The molecule has 2 aromatic carbocycles. The van der Waals surface area contributed by atoms with Gasteiger partial charge in [0.15, 0.2) is 0 Å². The van der Waals surface area contributed by atoms with Crippen molar-refractivity contribution in [2.24, 2.45) is 0 Å². The maximum Gasteiger partial charge on any atom is 0.326 e. The van der Waals surface area contributed by atoms with Crippen molar-refractivity contribution in [3.8, 4) is 0 Å². The Kier molecular flexibility index (Phi) is 5.52. The van der Waals surface area contributed by atoms with E-state index in [9.17, 15) is 19.2 Å². The predicted octanol–water partition coefficient (Wildman–Crippen LogP) is 2.93. The van der Waals surface area contributed by atoms with Crippen molar-refractivity contribution in [2.45, 2.75) is 56.7 Å². The lowest BCUT2D eigenvalue weighted by molar-refractivity contribution is -0.136. The zero-order valence-corrected chi connectivity index (χ0v) is 20.1. The number of urea groups is 1. The molecule has 6 rings (SSSR count). The van der Waals surface area contributed by atoms with Crippen molar-refractivity contribution < 1.29 is 23.9 Å². The van der Waals surface area contributed by atoms with Crippen LogP contribution >= 0.6 is 0 Å². The van der Waals surface area contributed by atoms with Crippen molar-refractivity contribution in [1.82, 2.24) is 10.2 Å². The van der Waals surface area contributed by atoms with Crippen LogP contribution in [0.3, 0.4) is 0 Å². The molecule has 9 nitrogen and oxygen atoms in total. The Labute approximate surface area is 208 Å². The van der Waals surface area contributed by atoms with Crippen LogP contribution in [0.1, 0.15) is 58.6 Å². The Morgan fingerprint density at radius 3 is 2.72 bits per heavy atom. The molecular formula is C27H28N4O5. The number of carbonyl (C=O) groups excluding carboxylic acids is 4. The van der Waals surface area contributed by atoms with Crippen LogP contribution in [0.25, 0.3) is 0 Å². The Morgan fingerprint density at radius 1 is 1.14 bits per heavy atom. The van der Waals surface area contributed by atoms with Crippen LogP contribution < -0.4 is 15.5 Å². The lowest BCUT2D eigenvalue weighted by atomic mass is 10.00. The van der Waals surface area contributed by atoms with Gasteiger partial charge in [-0.3, -0.25) is 24.6 Å². The summed E-state index contributed by atoms with van der Waals surface area (Å²) in [5.41, 5.74) is 5.34. The molecule has 2 atom stereocenters. The van der Waals surface area contributed by atoms with E-state index in [4.69, 9.17) is 4.74 Å². The fourth-order valence-electron chi connectivity index (χ4n) is 5.78. The minimum absolute atomic E-state index is 0.0936. The number of fused-ring (bicyclic) bond motifs is 2. The maximum absolute atomic E-state index is 13.5. The molecule has 0 spiro atoms. The van der Waals surface area contributed by atoms with Gasteiger partial charge in [-0.05, 0) is 72.6 Å². The molecule has 1 saturated carbocycles. The minimum Gasteiger partial charge on any atom is -0.383 e. The van der Waals surface area contributed by atoms with Crippen LogP contribution in [0.4, 0.5) is 16.2 Å². The fourth-order valence-corrected chi connectivity index (χ4v) is 5.78. The van der Waals surface area contributed by atoms with Gasteiger partial charge in [0.1, 0.15) is 6.04 Å². The van der Waals surface area contributed by atoms with Gasteiger partial charge < -0.3 is 15.0 Å². The summed E-state index contributed by atoms with van der Waals surface area (Å²) < 4.78 is 5.44. The molecule has 0 bridgehead atoms. The molecule has 1 unspecified atom stereocenters. The summed E-state index contributed by atoms with van der Waals surface area (Å²) in [4.78, 5) is 53.6. The summed E-state index contributed by atoms with van der Waals surface area (Å²) >= 11 is 0. The Balaban J connectivity index is 1.22. The standard InChI is InChI=1S/C27H28N4O5/c1-36-14-18-12-21-19(15-5-6-15)3-2-4-22(21)31(18)27(35)28-17-7-8-20-16(11-17)13-30(26(20)34)23-9-10-24(32)29-25(23)33/h2-4,7-8,11,15,18,23H,5-6,9-10,12-14H2,1H3,(H,28,35)(H,29,32,33)/t18-,23?/m0/s1. The number of methoxy groups -OCH3 is 1. The van der Waals surface area contributed by atoms with E-state index in [0.29, 0.717) is 30.2 Å². The first kappa shape index (κ1) is 22.7. The van der Waals surface area contributed by atoms with E-state index in [1.54, 1.807) is 30.2 Å². The molecule has 3 heterocycles. The zero-order chi connectivity index (χ0) is 25.0. The van der Waals surface area contributed by atoms with E-state index >= 15 is 0 Å². The lowest BCUT2D eigenvalue weighted by Gasteiger charge is -2.29. The first-order chi connectivity index (χ1) is 17.4. The smallest absolute Gasteiger partial charge is 0.326 e. The average molecular weight is 489 g/mol. The van der Waals surface area contributed by atoms with Crippen LogP contribution in [0.15, 0.2) is 36.4 Å². The van der Waals surface area contributed by atoms with Crippen molar-refractivity contribution >= 4 is 35.1 Å². The number of imide groups is 1. The van der Waals surface area contributed by atoms with Gasteiger partial charge in [-0.2, -0.15) is 0 Å². The number of hydrogen-bond acceptors (Lipinski definition) is 5. The van der Waals surface area contributed by atoms with Gasteiger partial charge in [0.05, 0.1) is 12.6 Å². The van der Waals surface area contributed by atoms with Gasteiger partial charge in [-0.1, -0.05) is 12.1 Å². The molecule has 3 aliphatic heterocycles. The minimum atomic E-state index is -0.669. The first-order valence-corrected chi connectivity index (χ1v) is 12.4. The van der Waals surface area contributed by atoms with E-state index in [0.717, 1.165) is 17.7 Å². The number of hydrogen-bond donors (Lipinski definition) is 2. The molecule has 2 fully saturated rings. The SMILES string of the molecule is COC[C@@H]1Cc2c(C3CC3)cccc2N1C(=O)Nc1ccc2c(c1)CN(C1CCC(=O)NC1=O)C2=O. The quantitative estimate of drug-likeness (QED) is 0.630. The second-order valence-electron chi connectivity index (χ2n) is 10.0. The van der Waals surface area contributed by atoms with Crippen molar-refractivity contribution in [2.75, 3.05) is 23.9 Å². The number of carbonyl (C=O) groups is 4. The second-order valence-corrected chi connectivity index (χ2v) is 10.0. The Bertz CT molecular complexity index is 1290. The highest BCUT2D eigenvalue weighted by atomic mass is 16.5. The van der Waals surface area contributed by atoms with Gasteiger partial charge >= 0.3 is 6.03 Å². The van der Waals surface area contributed by atoms with Crippen LogP contribution in [0.2, 0.25) is 0 Å². The Hall–Kier alpha value is -3.72. The number of rotatable bonds is 5. The molecule has 1 saturated heterocycles. The third-order valence-electron chi connectivity index (χ3n) is 7.62. The predicted molar refractivity (Wildman–Crippen MR) is 132 cm³/mol. The molecule has 0 aromatic heterocycles. The van der Waals surface area contributed by atoms with Crippen LogP contribution in [0, 0.1) is 0 Å². The number of benzene rings is 2. The fraction of sp³-hybridized carbons (Fsp3) is 0.407. The van der Waals surface area contributed by atoms with E-state index in [2.05, 4.69) is 16.7 Å². The number of anilines is 2. The number of amides is 5. The molecule has 9 heteroatoms. The van der Waals surface area contributed by atoms with Crippen molar-refractivity contribution in [3.05, 3.63) is 58.7 Å². The number of ether oxygens (including phenoxy) is 1. The van der Waals surface area contributed by atoms with Gasteiger partial charge in [0, 0.05) is 37.0 Å². The molecule has 36 heavy (non-hydrogen) atoms. The number of nitrogens with zero attached hydrogens (tertiary/aromatic N) is 2. The Morgan fingerprint density at radius 2 is 1.97 bits per heavy atom. The highest BCUT2D eigenvalue weighted by molar-refractivity contribution is 6.07. The monoisotopic (exact) mass is 488 g/mol. The molecule has 0 radical (unpaired) electrons. The number of piperidine rings is 1. The molecule has 1 aliphatic carbocycles. The van der Waals surface area contributed by atoms with E-state index in [-0.39, 0.29) is 36.9 Å². The molecule has 186 valence electrons. The highest BCUT2D eigenvalue weighted by Crippen LogP contribution is 2.46. The second kappa shape index (κ2) is 8.74. The molecule has 2 aromatic rings. The third-order valence-corrected chi connectivity index (χ3v) is 7.62. The maximum atomic E-state index is 13.5. The van der Waals surface area contributed by atoms with Gasteiger partial charge in [0.2, 0.25) is 11.8 Å². The summed E-state index contributed by atoms with van der Waals surface area (Å²) in [5, 5.41) is 5.32. The molecule has 2 N–H and O–H groups in total. The van der Waals surface area contributed by atoms with Crippen molar-refractivity contribution in [1.29, 1.82) is 0 Å². The highest BCUT2D eigenvalue weighted by Gasteiger charge is 2.40. The average Bonchev–Trinajstić information content (AvgIpc) is 3.55. The normalized spacial score (nSPS) is 23.0. The van der Waals surface area contributed by atoms with Crippen molar-refractivity contribution in [3.63, 3.8) is 0 Å². The van der Waals surface area contributed by atoms with Gasteiger partial charge in [-0.15, -0.1) is 0 Å². The first-order valence-electron chi connectivity index (χ1n) is 12.4. The van der Waals surface area contributed by atoms with Gasteiger partial charge in [0.25, 0.3) is 5.91 Å². The van der Waals surface area contributed by atoms with E-state index in [1.807, 2.05) is 12.1 Å². The zero-order valence-electron chi connectivity index (χ0n) is 20.1. The van der Waals surface area contributed by atoms with Crippen LogP contribution in [-0.4, -0.2) is 54.5 Å². The third kappa shape index (κ3) is 3.83. The number of nitrogens with one attached hydrogen (secondary N) is 2. The van der Waals surface area contributed by atoms with Crippen LogP contribution in [0.5, 0.6) is 0 Å². The topological polar surface area (TPSA) is 108 Å². The van der Waals surface area contributed by atoms with E-state index in [1.165, 1.54) is 28.9 Å². The molecule has 5 amide bonds. The summed E-state index contributed by atoms with van der Waals surface area (Å²) in [6, 6.07) is 10.4. The van der Waals surface area contributed by atoms with Gasteiger partial charge in [-0.25, -0.2) is 4.79 Å². The molecule has 4 aliphatic rings. The molecular weight excluding hydrogens is 460 g/mol. The van der Waals surface area contributed by atoms with E-state index < -0.39 is 11.9 Å². The summed E-state index contributed by atoms with van der Waals surface area (Å²) in [6.07, 6.45) is 3.68. The largest absolute Gasteiger partial charge is 0.383 e. The summed E-state index contributed by atoms with van der Waals surface area (Å²) in [5.74, 6) is -0.403. The summed E-state index contributed by atoms with van der Waals surface area (Å²) in [6.45, 7) is 0.694.